The average molecular weight is 881 g/mol. The minimum absolute atomic E-state index is 0.233. The molecule has 0 saturated heterocycles. The van der Waals surface area contributed by atoms with Crippen molar-refractivity contribution < 1.29 is 38.1 Å². The Balaban J connectivity index is 1.97. The Morgan fingerprint density at radius 2 is 0.547 bits per heavy atom. The molecule has 64 heavy (non-hydrogen) atoms. The molecule has 0 atom stereocenters. The molecule has 12 N–H and O–H groups in total. The van der Waals surface area contributed by atoms with Gasteiger partial charge in [0.1, 0.15) is 23.0 Å². The lowest BCUT2D eigenvalue weighted by Crippen LogP contribution is -2.23. The van der Waals surface area contributed by atoms with Crippen LogP contribution in [0.3, 0.4) is 0 Å². The third-order valence-electron chi connectivity index (χ3n) is 10.2. The number of carbonyl (C=O) groups is 4. The number of carbonyl (C=O) groups excluding carboxylic acids is 4. The number of anilines is 4. The number of nitrogens with one attached hydrogen (secondary N) is 4. The summed E-state index contributed by atoms with van der Waals surface area (Å²) in [5, 5.41) is 11.8. The molecule has 16 nitrogen and oxygen atoms in total. The summed E-state index contributed by atoms with van der Waals surface area (Å²) >= 11 is 0. The molecule has 1 aliphatic rings. The van der Waals surface area contributed by atoms with Crippen molar-refractivity contribution in [2.24, 2.45) is 22.9 Å². The third kappa shape index (κ3) is 12.9. The van der Waals surface area contributed by atoms with Crippen molar-refractivity contribution in [3.05, 3.63) is 93.0 Å². The number of benzene rings is 4. The van der Waals surface area contributed by atoms with Crippen LogP contribution < -0.4 is 63.1 Å². The lowest BCUT2D eigenvalue weighted by atomic mass is 9.90. The summed E-state index contributed by atoms with van der Waals surface area (Å²) in [7, 11) is 0. The van der Waals surface area contributed by atoms with E-state index in [1.165, 1.54) is 0 Å². The van der Waals surface area contributed by atoms with Gasteiger partial charge in [0.05, 0.1) is 52.6 Å². The normalized spacial score (nSPS) is 11.9. The fourth-order valence-electron chi connectivity index (χ4n) is 7.58. The SMILES string of the molecule is CCCOc1c2cc(NC(=O)CN)cc1Cc1cc(NC(=O)CN)cc(c1OCCC)Cc1cc(NC(=O)CN)cc(c1OCCC)Cc1cc(NC(=O)CN)cc(c1OCCC)C2. The Bertz CT molecular complexity index is 1890. The molecule has 0 aliphatic heterocycles. The smallest absolute Gasteiger partial charge is 0.238 e. The zero-order valence-electron chi connectivity index (χ0n) is 37.5. The monoisotopic (exact) mass is 880 g/mol. The van der Waals surface area contributed by atoms with Crippen LogP contribution in [0.1, 0.15) is 97.9 Å². The van der Waals surface area contributed by atoms with Gasteiger partial charge in [-0.15, -0.1) is 0 Å². The van der Waals surface area contributed by atoms with Gasteiger partial charge in [-0.2, -0.15) is 0 Å². The van der Waals surface area contributed by atoms with Crippen molar-refractivity contribution in [1.82, 2.24) is 0 Å². The molecule has 0 saturated carbocycles. The fraction of sp³-hybridized carbons (Fsp3) is 0.417. The van der Waals surface area contributed by atoms with Crippen LogP contribution in [-0.2, 0) is 44.9 Å². The van der Waals surface area contributed by atoms with Crippen molar-refractivity contribution in [2.45, 2.75) is 79.1 Å². The maximum atomic E-state index is 12.9. The quantitative estimate of drug-likeness (QED) is 0.0508. The molecule has 0 heterocycles. The largest absolute Gasteiger partial charge is 0.493 e. The maximum absolute atomic E-state index is 12.9. The van der Waals surface area contributed by atoms with E-state index in [4.69, 9.17) is 41.9 Å². The molecular formula is C48H64N8O8. The molecular weight excluding hydrogens is 817 g/mol. The summed E-state index contributed by atoms with van der Waals surface area (Å²) in [4.78, 5) is 51.6. The van der Waals surface area contributed by atoms with Crippen LogP contribution in [0.4, 0.5) is 22.7 Å². The lowest BCUT2D eigenvalue weighted by Gasteiger charge is -2.25. The van der Waals surface area contributed by atoms with Crippen molar-refractivity contribution in [3.8, 4) is 23.0 Å². The zero-order valence-corrected chi connectivity index (χ0v) is 37.5. The predicted molar refractivity (Wildman–Crippen MR) is 251 cm³/mol. The van der Waals surface area contributed by atoms with E-state index in [0.29, 0.717) is 97.9 Å². The standard InChI is InChI=1S/C48H64N8O8/c1-5-9-61-45-29-13-31-19-38(54-42(58)26-50)21-33(46(31)62-10-6-2)15-35-23-40(56-44(60)28-52)24-36(48(35)64-12-8-4)16-34-22-39(55-43(59)27-51)20-32(47(34)63-11-7-3)14-30(45)18-37(17-29)53-41(57)25-49/h17-24H,5-16,25-28,49-52H2,1-4H3,(H,53,57)(H,54,58)(H,55,59)(H,56,60). The zero-order chi connectivity index (χ0) is 46.2. The molecule has 4 aromatic carbocycles. The Kier molecular flexibility index (Phi) is 18.3. The first-order valence-electron chi connectivity index (χ1n) is 22.1. The first-order valence-corrected chi connectivity index (χ1v) is 22.1. The molecule has 5 rings (SSSR count). The Hall–Kier alpha value is -6.20. The van der Waals surface area contributed by atoms with Crippen LogP contribution in [0.2, 0.25) is 0 Å². The summed E-state index contributed by atoms with van der Waals surface area (Å²) < 4.78 is 26.6. The van der Waals surface area contributed by atoms with Gasteiger partial charge in [0, 0.05) is 92.9 Å². The molecule has 0 radical (unpaired) electrons. The number of amides is 4. The molecule has 1 aliphatic carbocycles. The van der Waals surface area contributed by atoms with E-state index in [-0.39, 0.29) is 75.5 Å². The number of fused-ring (bicyclic) bond motifs is 8. The first-order chi connectivity index (χ1) is 31.0. The summed E-state index contributed by atoms with van der Waals surface area (Å²) in [5.74, 6) is 0.856. The number of hydrogen-bond donors (Lipinski definition) is 8. The van der Waals surface area contributed by atoms with E-state index in [1.807, 2.05) is 76.2 Å². The maximum Gasteiger partial charge on any atom is 0.238 e. The van der Waals surface area contributed by atoms with Crippen LogP contribution >= 0.6 is 0 Å². The van der Waals surface area contributed by atoms with E-state index >= 15 is 0 Å². The predicted octanol–water partition coefficient (Wildman–Crippen LogP) is 5.11. The highest BCUT2D eigenvalue weighted by atomic mass is 16.5. The summed E-state index contributed by atoms with van der Waals surface area (Å²) in [6.45, 7) is 8.71. The number of nitrogens with two attached hydrogens (primary N) is 4. The summed E-state index contributed by atoms with van der Waals surface area (Å²) in [6.07, 6.45) is 3.81. The highest BCUT2D eigenvalue weighted by Gasteiger charge is 2.25. The molecule has 0 unspecified atom stereocenters. The third-order valence-corrected chi connectivity index (χ3v) is 10.2. The van der Waals surface area contributed by atoms with Gasteiger partial charge >= 0.3 is 0 Å². The van der Waals surface area contributed by atoms with Gasteiger partial charge in [0.2, 0.25) is 23.6 Å². The highest BCUT2D eigenvalue weighted by molar-refractivity contribution is 5.94. The van der Waals surface area contributed by atoms with Crippen LogP contribution in [0.15, 0.2) is 48.5 Å². The van der Waals surface area contributed by atoms with Crippen LogP contribution in [-0.4, -0.2) is 76.2 Å². The van der Waals surface area contributed by atoms with Crippen molar-refractivity contribution >= 4 is 46.4 Å². The van der Waals surface area contributed by atoms with Crippen LogP contribution in [0, 0.1) is 0 Å². The van der Waals surface area contributed by atoms with E-state index in [0.717, 1.165) is 44.5 Å². The van der Waals surface area contributed by atoms with E-state index < -0.39 is 0 Å². The minimum Gasteiger partial charge on any atom is -0.493 e. The lowest BCUT2D eigenvalue weighted by molar-refractivity contribution is -0.115. The van der Waals surface area contributed by atoms with Gasteiger partial charge in [-0.3, -0.25) is 19.2 Å². The second kappa shape index (κ2) is 24.0. The van der Waals surface area contributed by atoms with Gasteiger partial charge in [0.15, 0.2) is 0 Å². The number of hydrogen-bond acceptors (Lipinski definition) is 12. The fourth-order valence-corrected chi connectivity index (χ4v) is 7.58. The molecule has 16 heteroatoms. The van der Waals surface area contributed by atoms with Gasteiger partial charge < -0.3 is 63.1 Å². The number of rotatable bonds is 20. The van der Waals surface area contributed by atoms with Crippen molar-refractivity contribution in [1.29, 1.82) is 0 Å². The molecule has 4 amide bonds. The minimum atomic E-state index is -0.382. The first kappa shape index (κ1) is 48.8. The van der Waals surface area contributed by atoms with Crippen LogP contribution in [0.5, 0.6) is 23.0 Å². The Morgan fingerprint density at radius 1 is 0.375 bits per heavy atom. The Morgan fingerprint density at radius 3 is 0.688 bits per heavy atom. The molecule has 0 spiro atoms. The molecule has 0 aromatic heterocycles. The molecule has 8 bridgehead atoms. The number of ether oxygens (including phenoxy) is 4. The molecule has 4 aromatic rings. The second-order valence-electron chi connectivity index (χ2n) is 15.6. The summed E-state index contributed by atoms with van der Waals surface area (Å²) in [5.41, 5.74) is 31.0. The van der Waals surface area contributed by atoms with Crippen LogP contribution in [0.25, 0.3) is 0 Å². The van der Waals surface area contributed by atoms with Gasteiger partial charge in [-0.25, -0.2) is 0 Å². The van der Waals surface area contributed by atoms with E-state index in [1.54, 1.807) is 0 Å². The van der Waals surface area contributed by atoms with Gasteiger partial charge in [-0.05, 0) is 74.2 Å². The summed E-state index contributed by atoms with van der Waals surface area (Å²) in [6, 6.07) is 14.9. The average Bonchev–Trinajstić information content (AvgIpc) is 3.27. The topological polar surface area (TPSA) is 257 Å². The molecule has 0 fully saturated rings. The van der Waals surface area contributed by atoms with Crippen molar-refractivity contribution in [2.75, 3.05) is 73.9 Å². The van der Waals surface area contributed by atoms with E-state index in [9.17, 15) is 19.2 Å². The van der Waals surface area contributed by atoms with Gasteiger partial charge in [0.25, 0.3) is 0 Å². The van der Waals surface area contributed by atoms with Gasteiger partial charge in [-0.1, -0.05) is 27.7 Å². The molecule has 344 valence electrons. The Labute approximate surface area is 375 Å². The second-order valence-corrected chi connectivity index (χ2v) is 15.6. The van der Waals surface area contributed by atoms with E-state index in [2.05, 4.69) is 21.3 Å². The van der Waals surface area contributed by atoms with Crippen molar-refractivity contribution in [3.63, 3.8) is 0 Å². The highest BCUT2D eigenvalue weighted by Crippen LogP contribution is 2.43.